The summed E-state index contributed by atoms with van der Waals surface area (Å²) in [4.78, 5) is 0. The van der Waals surface area contributed by atoms with Crippen molar-refractivity contribution in [3.05, 3.63) is 46.5 Å². The van der Waals surface area contributed by atoms with E-state index in [1.807, 2.05) is 12.1 Å². The van der Waals surface area contributed by atoms with Gasteiger partial charge in [-0.25, -0.2) is 0 Å². The summed E-state index contributed by atoms with van der Waals surface area (Å²) in [5, 5.41) is 3.15. The molecule has 2 N–H and O–H groups in total. The Morgan fingerprint density at radius 2 is 1.88 bits per heavy atom. The summed E-state index contributed by atoms with van der Waals surface area (Å²) in [7, 11) is 0. The Morgan fingerprint density at radius 3 is 2.50 bits per heavy atom. The molecule has 1 nitrogen and oxygen atoms in total. The van der Waals surface area contributed by atoms with E-state index >= 15 is 0 Å². The van der Waals surface area contributed by atoms with E-state index in [-0.39, 0.29) is 0 Å². The van der Waals surface area contributed by atoms with Crippen molar-refractivity contribution in [1.82, 2.24) is 0 Å². The first-order chi connectivity index (χ1) is 7.65. The fourth-order valence-electron chi connectivity index (χ4n) is 2.25. The molecule has 0 atom stereocenters. The molecule has 2 rings (SSSR count). The number of nitrogens with two attached hydrogens (primary N) is 1. The molecule has 0 aliphatic carbocycles. The van der Waals surface area contributed by atoms with Gasteiger partial charge in [-0.3, -0.25) is 0 Å². The lowest BCUT2D eigenvalue weighted by Crippen LogP contribution is -2.03. The van der Waals surface area contributed by atoms with Crippen LogP contribution in [0.25, 0.3) is 10.8 Å². The van der Waals surface area contributed by atoms with E-state index in [1.54, 1.807) is 0 Å². The summed E-state index contributed by atoms with van der Waals surface area (Å²) in [6.45, 7) is 4.96. The number of benzene rings is 2. The van der Waals surface area contributed by atoms with Gasteiger partial charge in [-0.15, -0.1) is 0 Å². The van der Waals surface area contributed by atoms with E-state index in [4.69, 9.17) is 17.3 Å². The summed E-state index contributed by atoms with van der Waals surface area (Å²) in [6, 6.07) is 10.2. The molecule has 0 aliphatic heterocycles. The molecule has 2 aromatic rings. The van der Waals surface area contributed by atoms with Crippen LogP contribution < -0.4 is 5.73 Å². The standard InChI is InChI=1S/C14H16ClN/c1-9(2)14-10(8-16)6-7-11-12(14)4-3-5-13(11)15/h3-7,9H,8,16H2,1-2H3. The van der Waals surface area contributed by atoms with Gasteiger partial charge in [0.2, 0.25) is 0 Å². The van der Waals surface area contributed by atoms with Crippen molar-refractivity contribution in [3.8, 4) is 0 Å². The minimum absolute atomic E-state index is 0.459. The van der Waals surface area contributed by atoms with Crippen molar-refractivity contribution >= 4 is 22.4 Å². The first-order valence-electron chi connectivity index (χ1n) is 5.55. The summed E-state index contributed by atoms with van der Waals surface area (Å²) >= 11 is 6.20. The van der Waals surface area contributed by atoms with E-state index < -0.39 is 0 Å². The minimum Gasteiger partial charge on any atom is -0.326 e. The lowest BCUT2D eigenvalue weighted by molar-refractivity contribution is 0.850. The minimum atomic E-state index is 0.459. The molecule has 0 saturated heterocycles. The molecule has 0 spiro atoms. The molecule has 0 radical (unpaired) electrons. The van der Waals surface area contributed by atoms with Gasteiger partial charge in [0.05, 0.1) is 0 Å². The highest BCUT2D eigenvalue weighted by Crippen LogP contribution is 2.32. The Balaban J connectivity index is 2.84. The van der Waals surface area contributed by atoms with Crippen LogP contribution in [0.1, 0.15) is 30.9 Å². The molecular formula is C14H16ClN. The molecule has 2 aromatic carbocycles. The van der Waals surface area contributed by atoms with Gasteiger partial charge in [-0.2, -0.15) is 0 Å². The molecule has 0 amide bonds. The Morgan fingerprint density at radius 1 is 1.12 bits per heavy atom. The van der Waals surface area contributed by atoms with Gasteiger partial charge in [0.1, 0.15) is 0 Å². The largest absolute Gasteiger partial charge is 0.326 e. The van der Waals surface area contributed by atoms with Crippen molar-refractivity contribution in [1.29, 1.82) is 0 Å². The van der Waals surface area contributed by atoms with Gasteiger partial charge in [-0.1, -0.05) is 49.7 Å². The van der Waals surface area contributed by atoms with Crippen LogP contribution in [0.4, 0.5) is 0 Å². The second kappa shape index (κ2) is 4.44. The van der Waals surface area contributed by atoms with Gasteiger partial charge in [0.15, 0.2) is 0 Å². The van der Waals surface area contributed by atoms with Crippen LogP contribution in [-0.2, 0) is 6.54 Å². The van der Waals surface area contributed by atoms with Crippen LogP contribution in [-0.4, -0.2) is 0 Å². The van der Waals surface area contributed by atoms with E-state index in [1.165, 1.54) is 16.5 Å². The van der Waals surface area contributed by atoms with Crippen molar-refractivity contribution in [2.45, 2.75) is 26.3 Å². The molecule has 0 aromatic heterocycles. The first-order valence-corrected chi connectivity index (χ1v) is 5.93. The normalized spacial score (nSPS) is 11.3. The highest BCUT2D eigenvalue weighted by atomic mass is 35.5. The first kappa shape index (κ1) is 11.4. The highest BCUT2D eigenvalue weighted by molar-refractivity contribution is 6.35. The summed E-state index contributed by atoms with van der Waals surface area (Å²) in [5.74, 6) is 0.459. The average molecular weight is 234 g/mol. The zero-order valence-electron chi connectivity index (χ0n) is 9.63. The monoisotopic (exact) mass is 233 g/mol. The van der Waals surface area contributed by atoms with Crippen molar-refractivity contribution in [2.75, 3.05) is 0 Å². The van der Waals surface area contributed by atoms with Gasteiger partial charge >= 0.3 is 0 Å². The number of fused-ring (bicyclic) bond motifs is 1. The molecule has 2 heteroatoms. The molecule has 0 unspecified atom stereocenters. The predicted molar refractivity (Wildman–Crippen MR) is 70.9 cm³/mol. The highest BCUT2D eigenvalue weighted by Gasteiger charge is 2.11. The Kier molecular flexibility index (Phi) is 3.17. The second-order valence-corrected chi connectivity index (χ2v) is 4.74. The molecule has 0 bridgehead atoms. The molecule has 0 aliphatic rings. The summed E-state index contributed by atoms with van der Waals surface area (Å²) in [6.07, 6.45) is 0. The van der Waals surface area contributed by atoms with Crippen LogP contribution in [0.3, 0.4) is 0 Å². The van der Waals surface area contributed by atoms with E-state index in [0.717, 1.165) is 10.4 Å². The second-order valence-electron chi connectivity index (χ2n) is 4.33. The lowest BCUT2D eigenvalue weighted by Gasteiger charge is -2.15. The third kappa shape index (κ3) is 1.81. The lowest BCUT2D eigenvalue weighted by atomic mass is 9.91. The smallest absolute Gasteiger partial charge is 0.0484 e. The van der Waals surface area contributed by atoms with Gasteiger partial charge in [0.25, 0.3) is 0 Å². The number of hydrogen-bond donors (Lipinski definition) is 1. The van der Waals surface area contributed by atoms with Crippen molar-refractivity contribution < 1.29 is 0 Å². The van der Waals surface area contributed by atoms with Gasteiger partial charge in [0, 0.05) is 17.0 Å². The van der Waals surface area contributed by atoms with Crippen LogP contribution in [0.5, 0.6) is 0 Å². The van der Waals surface area contributed by atoms with Gasteiger partial charge < -0.3 is 5.73 Å². The molecule has 0 fully saturated rings. The Hall–Kier alpha value is -1.05. The van der Waals surface area contributed by atoms with Crippen LogP contribution in [0, 0.1) is 0 Å². The molecule has 0 saturated carbocycles. The molecule has 16 heavy (non-hydrogen) atoms. The zero-order chi connectivity index (χ0) is 11.7. The quantitative estimate of drug-likeness (QED) is 0.831. The van der Waals surface area contributed by atoms with Crippen molar-refractivity contribution in [3.63, 3.8) is 0 Å². The molecule has 84 valence electrons. The topological polar surface area (TPSA) is 26.0 Å². The predicted octanol–water partition coefficient (Wildman–Crippen LogP) is 4.08. The Labute approximate surface area is 101 Å². The average Bonchev–Trinajstić information content (AvgIpc) is 2.27. The maximum atomic E-state index is 6.20. The van der Waals surface area contributed by atoms with Crippen LogP contribution in [0.2, 0.25) is 5.02 Å². The van der Waals surface area contributed by atoms with Crippen LogP contribution >= 0.6 is 11.6 Å². The number of hydrogen-bond acceptors (Lipinski definition) is 1. The third-order valence-corrected chi connectivity index (χ3v) is 3.27. The van der Waals surface area contributed by atoms with Crippen LogP contribution in [0.15, 0.2) is 30.3 Å². The Bertz CT molecular complexity index is 517. The zero-order valence-corrected chi connectivity index (χ0v) is 10.4. The maximum absolute atomic E-state index is 6.20. The SMILES string of the molecule is CC(C)c1c(CN)ccc2c(Cl)cccc12. The fourth-order valence-corrected chi connectivity index (χ4v) is 2.49. The van der Waals surface area contributed by atoms with E-state index in [0.29, 0.717) is 12.5 Å². The number of halogens is 1. The molecule has 0 heterocycles. The summed E-state index contributed by atoms with van der Waals surface area (Å²) in [5.41, 5.74) is 8.32. The number of rotatable bonds is 2. The fraction of sp³-hybridized carbons (Fsp3) is 0.286. The van der Waals surface area contributed by atoms with E-state index in [9.17, 15) is 0 Å². The van der Waals surface area contributed by atoms with Crippen molar-refractivity contribution in [2.24, 2.45) is 5.73 Å². The summed E-state index contributed by atoms with van der Waals surface area (Å²) < 4.78 is 0. The van der Waals surface area contributed by atoms with E-state index in [2.05, 4.69) is 32.0 Å². The van der Waals surface area contributed by atoms with Gasteiger partial charge in [-0.05, 0) is 28.5 Å². The third-order valence-electron chi connectivity index (χ3n) is 2.94. The maximum Gasteiger partial charge on any atom is 0.0484 e. The molecular weight excluding hydrogens is 218 g/mol.